The molecular formula is C22H25ClN2O5S2. The number of sulfone groups is 1. The van der Waals surface area contributed by atoms with Crippen LogP contribution in [0, 0.1) is 6.92 Å². The highest BCUT2D eigenvalue weighted by atomic mass is 35.5. The first-order valence-corrected chi connectivity index (χ1v) is 13.6. The number of benzene rings is 2. The van der Waals surface area contributed by atoms with Crippen molar-refractivity contribution in [1.29, 1.82) is 0 Å². The summed E-state index contributed by atoms with van der Waals surface area (Å²) in [7, 11) is -7.07. The van der Waals surface area contributed by atoms with Crippen molar-refractivity contribution >= 4 is 43.1 Å². The summed E-state index contributed by atoms with van der Waals surface area (Å²) < 4.78 is 50.8. The Balaban J connectivity index is 2.00. The molecule has 7 nitrogen and oxygen atoms in total. The van der Waals surface area contributed by atoms with E-state index in [2.05, 4.69) is 0 Å². The van der Waals surface area contributed by atoms with Gasteiger partial charge >= 0.3 is 0 Å². The summed E-state index contributed by atoms with van der Waals surface area (Å²) in [5, 5.41) is 1.55. The van der Waals surface area contributed by atoms with Crippen LogP contribution in [0.25, 0.3) is 0 Å². The molecular weight excluding hydrogens is 472 g/mol. The second kappa shape index (κ2) is 9.35. The summed E-state index contributed by atoms with van der Waals surface area (Å²) in [5.74, 6) is -0.693. The maximum atomic E-state index is 13.4. The largest absolute Gasteiger partial charge is 0.300 e. The van der Waals surface area contributed by atoms with Gasteiger partial charge in [-0.1, -0.05) is 31.5 Å². The summed E-state index contributed by atoms with van der Waals surface area (Å²) >= 11 is 6.25. The van der Waals surface area contributed by atoms with E-state index in [-0.39, 0.29) is 16.2 Å². The number of amides is 1. The molecule has 0 radical (unpaired) electrons. The zero-order valence-corrected chi connectivity index (χ0v) is 20.4. The molecule has 32 heavy (non-hydrogen) atoms. The number of nitrogens with zero attached hydrogens (tertiary/aromatic N) is 2. The van der Waals surface area contributed by atoms with Crippen molar-refractivity contribution in [2.75, 3.05) is 23.7 Å². The number of hydrogen-bond acceptors (Lipinski definition) is 5. The normalized spacial score (nSPS) is 17.6. The SMILES string of the molecule is CCN(CC)S(=O)(=O)c1ccc(C(=O)N(c2ccc(C)c(Cl)c2)C2C=CS(=O)(=O)C2)cc1. The lowest BCUT2D eigenvalue weighted by atomic mass is 10.1. The van der Waals surface area contributed by atoms with Gasteiger partial charge in [0.15, 0.2) is 9.84 Å². The molecule has 0 aromatic heterocycles. The molecule has 0 bridgehead atoms. The fourth-order valence-electron chi connectivity index (χ4n) is 3.53. The quantitative estimate of drug-likeness (QED) is 0.583. The van der Waals surface area contributed by atoms with Crippen molar-refractivity contribution in [3.63, 3.8) is 0 Å². The van der Waals surface area contributed by atoms with Gasteiger partial charge in [-0.15, -0.1) is 0 Å². The minimum atomic E-state index is -3.66. The van der Waals surface area contributed by atoms with E-state index in [0.717, 1.165) is 11.0 Å². The molecule has 1 amide bonds. The molecule has 172 valence electrons. The van der Waals surface area contributed by atoms with E-state index in [1.807, 2.05) is 6.92 Å². The average molecular weight is 497 g/mol. The van der Waals surface area contributed by atoms with Gasteiger partial charge < -0.3 is 4.90 Å². The molecule has 1 aliphatic rings. The molecule has 0 N–H and O–H groups in total. The van der Waals surface area contributed by atoms with Crippen molar-refractivity contribution in [1.82, 2.24) is 4.31 Å². The maximum Gasteiger partial charge on any atom is 0.258 e. The van der Waals surface area contributed by atoms with Gasteiger partial charge in [-0.2, -0.15) is 4.31 Å². The van der Waals surface area contributed by atoms with Gasteiger partial charge in [-0.05, 0) is 55.0 Å². The third-order valence-corrected chi connectivity index (χ3v) is 9.19. The highest BCUT2D eigenvalue weighted by Gasteiger charge is 2.32. The second-order valence-corrected chi connectivity index (χ2v) is 11.7. The van der Waals surface area contributed by atoms with Crippen LogP contribution in [0.3, 0.4) is 0 Å². The summed E-state index contributed by atoms with van der Waals surface area (Å²) in [5.41, 5.74) is 1.51. The highest BCUT2D eigenvalue weighted by Crippen LogP contribution is 2.29. The van der Waals surface area contributed by atoms with Gasteiger partial charge in [0.1, 0.15) is 0 Å². The lowest BCUT2D eigenvalue weighted by molar-refractivity contribution is 0.0983. The molecule has 3 rings (SSSR count). The smallest absolute Gasteiger partial charge is 0.258 e. The minimum absolute atomic E-state index is 0.0889. The first-order valence-electron chi connectivity index (χ1n) is 10.1. The Bertz CT molecular complexity index is 1250. The van der Waals surface area contributed by atoms with Crippen molar-refractivity contribution in [3.8, 4) is 0 Å². The van der Waals surface area contributed by atoms with Crippen LogP contribution in [0.15, 0.2) is 58.8 Å². The van der Waals surface area contributed by atoms with Crippen LogP contribution in [0.5, 0.6) is 0 Å². The maximum absolute atomic E-state index is 13.4. The second-order valence-electron chi connectivity index (χ2n) is 7.45. The molecule has 0 aliphatic carbocycles. The molecule has 0 saturated heterocycles. The van der Waals surface area contributed by atoms with E-state index in [4.69, 9.17) is 11.6 Å². The molecule has 0 spiro atoms. The van der Waals surface area contributed by atoms with Gasteiger partial charge in [-0.25, -0.2) is 16.8 Å². The molecule has 1 heterocycles. The van der Waals surface area contributed by atoms with Crippen LogP contribution >= 0.6 is 11.6 Å². The average Bonchev–Trinajstić information content (AvgIpc) is 3.10. The van der Waals surface area contributed by atoms with Crippen LogP contribution in [0.2, 0.25) is 5.02 Å². The number of anilines is 1. The molecule has 2 aromatic carbocycles. The first kappa shape index (κ1) is 24.4. The van der Waals surface area contributed by atoms with Crippen LogP contribution in [-0.4, -0.2) is 51.9 Å². The van der Waals surface area contributed by atoms with Crippen molar-refractivity contribution in [2.45, 2.75) is 31.7 Å². The first-order chi connectivity index (χ1) is 15.0. The third kappa shape index (κ3) is 4.91. The zero-order valence-electron chi connectivity index (χ0n) is 18.0. The molecule has 1 atom stereocenters. The molecule has 1 aliphatic heterocycles. The van der Waals surface area contributed by atoms with E-state index >= 15 is 0 Å². The Hall–Kier alpha value is -2.20. The van der Waals surface area contributed by atoms with Gasteiger partial charge in [0, 0.05) is 34.8 Å². The van der Waals surface area contributed by atoms with E-state index in [9.17, 15) is 21.6 Å². The Kier molecular flexibility index (Phi) is 7.14. The van der Waals surface area contributed by atoms with E-state index in [1.165, 1.54) is 39.5 Å². The van der Waals surface area contributed by atoms with Gasteiger partial charge in [0.05, 0.1) is 16.7 Å². The summed E-state index contributed by atoms with van der Waals surface area (Å²) in [6, 6.07) is 10.0. The fourth-order valence-corrected chi connectivity index (χ4v) is 6.43. The van der Waals surface area contributed by atoms with Crippen molar-refractivity contribution in [3.05, 3.63) is 70.1 Å². The Morgan fingerprint density at radius 2 is 1.72 bits per heavy atom. The van der Waals surface area contributed by atoms with Gasteiger partial charge in [0.2, 0.25) is 10.0 Å². The lowest BCUT2D eigenvalue weighted by Crippen LogP contribution is -2.41. The number of carbonyl (C=O) groups excluding carboxylic acids is 1. The zero-order chi connectivity index (χ0) is 23.7. The monoisotopic (exact) mass is 496 g/mol. The van der Waals surface area contributed by atoms with Gasteiger partial charge in [0.25, 0.3) is 5.91 Å². The van der Waals surface area contributed by atoms with Gasteiger partial charge in [-0.3, -0.25) is 4.79 Å². The van der Waals surface area contributed by atoms with E-state index in [0.29, 0.717) is 23.8 Å². The summed E-state index contributed by atoms with van der Waals surface area (Å²) in [4.78, 5) is 14.9. The Morgan fingerprint density at radius 1 is 1.09 bits per heavy atom. The summed E-state index contributed by atoms with van der Waals surface area (Å²) in [6.45, 7) is 6.01. The number of sulfonamides is 1. The number of hydrogen-bond donors (Lipinski definition) is 0. The Labute approximate surface area is 194 Å². The standard InChI is InChI=1S/C22H25ClN2O5S2/c1-4-24(5-2)32(29,30)20-10-7-17(8-11-20)22(26)25(19-12-13-31(27,28)15-19)18-9-6-16(3)21(23)14-18/h6-14,19H,4-5,15H2,1-3H3. The fraction of sp³-hybridized carbons (Fsp3) is 0.318. The third-order valence-electron chi connectivity index (χ3n) is 5.34. The number of rotatable bonds is 7. The lowest BCUT2D eigenvalue weighted by Gasteiger charge is -2.28. The number of aryl methyl sites for hydroxylation is 1. The number of carbonyl (C=O) groups is 1. The van der Waals surface area contributed by atoms with Crippen molar-refractivity contribution < 1.29 is 21.6 Å². The molecule has 0 saturated carbocycles. The molecule has 0 fully saturated rings. The minimum Gasteiger partial charge on any atom is -0.300 e. The number of halogens is 1. The Morgan fingerprint density at radius 3 is 2.22 bits per heavy atom. The van der Waals surface area contributed by atoms with Crippen molar-refractivity contribution in [2.24, 2.45) is 0 Å². The highest BCUT2D eigenvalue weighted by molar-refractivity contribution is 7.94. The van der Waals surface area contributed by atoms with E-state index < -0.39 is 31.8 Å². The molecule has 2 aromatic rings. The van der Waals surface area contributed by atoms with Crippen LogP contribution < -0.4 is 4.90 Å². The molecule has 10 heteroatoms. The predicted molar refractivity (Wildman–Crippen MR) is 126 cm³/mol. The summed E-state index contributed by atoms with van der Waals surface area (Å²) in [6.07, 6.45) is 1.47. The molecule has 1 unspecified atom stereocenters. The topological polar surface area (TPSA) is 91.8 Å². The predicted octanol–water partition coefficient (Wildman–Crippen LogP) is 3.64. The van der Waals surface area contributed by atoms with Crippen LogP contribution in [0.1, 0.15) is 29.8 Å². The van der Waals surface area contributed by atoms with Crippen LogP contribution in [0.4, 0.5) is 5.69 Å². The van der Waals surface area contributed by atoms with Crippen LogP contribution in [-0.2, 0) is 19.9 Å². The van der Waals surface area contributed by atoms with E-state index in [1.54, 1.807) is 32.0 Å².